The zero-order valence-electron chi connectivity index (χ0n) is 22.7. The van der Waals surface area contributed by atoms with Gasteiger partial charge in [-0.1, -0.05) is 95.3 Å². The summed E-state index contributed by atoms with van der Waals surface area (Å²) >= 11 is 0. The van der Waals surface area contributed by atoms with Crippen molar-refractivity contribution in [3.8, 4) is 0 Å². The van der Waals surface area contributed by atoms with Crippen molar-refractivity contribution in [3.63, 3.8) is 0 Å². The molecule has 0 radical (unpaired) electrons. The summed E-state index contributed by atoms with van der Waals surface area (Å²) in [5.74, 6) is 0.352. The van der Waals surface area contributed by atoms with Gasteiger partial charge < -0.3 is 9.53 Å². The first-order valence-corrected chi connectivity index (χ1v) is 15.1. The van der Waals surface area contributed by atoms with E-state index < -0.39 is 15.4 Å². The second kappa shape index (κ2) is 10.9. The van der Waals surface area contributed by atoms with E-state index in [1.165, 1.54) is 24.0 Å². The van der Waals surface area contributed by atoms with E-state index in [9.17, 15) is 5.11 Å². The highest BCUT2D eigenvalue weighted by Gasteiger charge is 2.55. The van der Waals surface area contributed by atoms with Gasteiger partial charge in [0, 0.05) is 25.0 Å². The lowest BCUT2D eigenvalue weighted by Gasteiger charge is -2.47. The maximum atomic E-state index is 10.1. The topological polar surface area (TPSA) is 32.7 Å². The molecule has 2 aromatic carbocycles. The molecule has 2 aliphatic rings. The molecule has 1 saturated carbocycles. The third kappa shape index (κ3) is 6.10. The highest BCUT2D eigenvalue weighted by Crippen LogP contribution is 2.53. The SMILES string of the molecule is CC(C)(C)[SiH2]OC(c1ccccc1)(c1ccccc1)C1CN(C2CCCC(O)CCC2)CC1(C)C. The fourth-order valence-corrected chi connectivity index (χ4v) is 7.70. The Balaban J connectivity index is 1.76. The molecule has 1 N–H and O–H groups in total. The van der Waals surface area contributed by atoms with Crippen LogP contribution in [0.2, 0.25) is 5.04 Å². The highest BCUT2D eigenvalue weighted by atomic mass is 28.2. The molecule has 4 heteroatoms. The van der Waals surface area contributed by atoms with Crippen LogP contribution < -0.4 is 0 Å². The number of nitrogens with zero attached hydrogens (tertiary/aromatic N) is 1. The quantitative estimate of drug-likeness (QED) is 0.480. The molecule has 0 bridgehead atoms. The van der Waals surface area contributed by atoms with Crippen molar-refractivity contribution in [2.75, 3.05) is 13.1 Å². The number of benzene rings is 2. The Morgan fingerprint density at radius 1 is 0.857 bits per heavy atom. The Labute approximate surface area is 216 Å². The van der Waals surface area contributed by atoms with Crippen molar-refractivity contribution in [2.45, 2.75) is 95.9 Å². The number of aliphatic hydroxyl groups is 1. The van der Waals surface area contributed by atoms with Gasteiger partial charge in [-0.3, -0.25) is 4.90 Å². The van der Waals surface area contributed by atoms with Crippen molar-refractivity contribution in [2.24, 2.45) is 11.3 Å². The molecule has 3 nitrogen and oxygen atoms in total. The third-order valence-electron chi connectivity index (χ3n) is 8.27. The van der Waals surface area contributed by atoms with Crippen LogP contribution in [0.15, 0.2) is 60.7 Å². The van der Waals surface area contributed by atoms with Gasteiger partial charge in [0.25, 0.3) is 0 Å². The maximum absolute atomic E-state index is 10.1. The molecular weight excluding hydrogens is 446 g/mol. The van der Waals surface area contributed by atoms with Crippen LogP contribution in [0.3, 0.4) is 0 Å². The van der Waals surface area contributed by atoms with E-state index in [0.717, 1.165) is 38.8 Å². The van der Waals surface area contributed by atoms with Crippen LogP contribution in [-0.4, -0.2) is 45.0 Å². The van der Waals surface area contributed by atoms with Crippen LogP contribution in [0.4, 0.5) is 0 Å². The average molecular weight is 494 g/mol. The average Bonchev–Trinajstić information content (AvgIpc) is 3.13. The first-order valence-electron chi connectivity index (χ1n) is 13.8. The highest BCUT2D eigenvalue weighted by molar-refractivity contribution is 6.32. The van der Waals surface area contributed by atoms with Crippen molar-refractivity contribution in [1.82, 2.24) is 4.90 Å². The Kier molecular flexibility index (Phi) is 8.27. The monoisotopic (exact) mass is 493 g/mol. The summed E-state index contributed by atoms with van der Waals surface area (Å²) in [4.78, 5) is 2.78. The van der Waals surface area contributed by atoms with Gasteiger partial charge in [-0.15, -0.1) is 0 Å². The van der Waals surface area contributed by atoms with Gasteiger partial charge in [0.15, 0.2) is 9.76 Å². The van der Waals surface area contributed by atoms with Gasteiger partial charge in [0.05, 0.1) is 6.10 Å². The first-order chi connectivity index (χ1) is 16.6. The summed E-state index contributed by atoms with van der Waals surface area (Å²) in [6.45, 7) is 14.1. The summed E-state index contributed by atoms with van der Waals surface area (Å²) in [6, 6.07) is 22.7. The van der Waals surface area contributed by atoms with Crippen LogP contribution >= 0.6 is 0 Å². The van der Waals surface area contributed by atoms with Crippen LogP contribution in [0.1, 0.15) is 84.3 Å². The molecule has 1 aliphatic heterocycles. The fraction of sp³-hybridized carbons (Fsp3) is 0.613. The standard InChI is InChI=1S/C31H47NO2Si/c1-29(2,3)35-34-31(24-14-8-6-9-15-24,25-16-10-7-11-17-25)28-22-32(23-30(28,4)5)26-18-12-20-27(33)21-13-19-26/h6-11,14-17,26-28,33H,12-13,18-23,35H2,1-5H3. The molecule has 1 unspecified atom stereocenters. The number of likely N-dealkylation sites (tertiary alicyclic amines) is 1. The van der Waals surface area contributed by atoms with Gasteiger partial charge in [-0.2, -0.15) is 0 Å². The summed E-state index contributed by atoms with van der Waals surface area (Å²) in [6.07, 6.45) is 6.46. The Morgan fingerprint density at radius 3 is 1.86 bits per heavy atom. The Bertz CT molecular complexity index is 875. The van der Waals surface area contributed by atoms with Gasteiger partial charge in [0.1, 0.15) is 5.60 Å². The predicted molar refractivity (Wildman–Crippen MR) is 149 cm³/mol. The second-order valence-corrected chi connectivity index (χ2v) is 15.7. The molecule has 1 atom stereocenters. The van der Waals surface area contributed by atoms with E-state index >= 15 is 0 Å². The van der Waals surface area contributed by atoms with Gasteiger partial charge in [0.2, 0.25) is 0 Å². The number of hydrogen-bond acceptors (Lipinski definition) is 3. The van der Waals surface area contributed by atoms with E-state index in [4.69, 9.17) is 4.43 Å². The van der Waals surface area contributed by atoms with Crippen molar-refractivity contribution < 1.29 is 9.53 Å². The summed E-state index contributed by atoms with van der Waals surface area (Å²) in [7, 11) is -0.827. The zero-order valence-corrected chi connectivity index (χ0v) is 24.1. The fourth-order valence-electron chi connectivity index (χ4n) is 6.51. The molecule has 1 heterocycles. The van der Waals surface area contributed by atoms with Crippen LogP contribution in [-0.2, 0) is 10.0 Å². The van der Waals surface area contributed by atoms with E-state index in [2.05, 4.69) is 100 Å². The minimum Gasteiger partial charge on any atom is -0.410 e. The molecule has 0 spiro atoms. The van der Waals surface area contributed by atoms with Crippen LogP contribution in [0.5, 0.6) is 0 Å². The van der Waals surface area contributed by atoms with E-state index in [1.807, 2.05) is 0 Å². The molecule has 2 aromatic rings. The molecular formula is C31H47NO2Si. The smallest absolute Gasteiger partial charge is 0.168 e. The van der Waals surface area contributed by atoms with Crippen LogP contribution in [0.25, 0.3) is 0 Å². The predicted octanol–water partition coefficient (Wildman–Crippen LogP) is 6.29. The van der Waals surface area contributed by atoms with E-state index in [0.29, 0.717) is 12.0 Å². The number of aliphatic hydroxyl groups excluding tert-OH is 1. The lowest BCUT2D eigenvalue weighted by Crippen LogP contribution is -2.47. The molecule has 0 aromatic heterocycles. The zero-order chi connectivity index (χ0) is 25.1. The molecule has 35 heavy (non-hydrogen) atoms. The van der Waals surface area contributed by atoms with Gasteiger partial charge in [-0.05, 0) is 60.1 Å². The molecule has 2 fully saturated rings. The summed E-state index contributed by atoms with van der Waals surface area (Å²) in [5, 5.41) is 10.4. The van der Waals surface area contributed by atoms with Crippen molar-refractivity contribution >= 4 is 9.76 Å². The van der Waals surface area contributed by atoms with Gasteiger partial charge in [-0.25, -0.2) is 0 Å². The molecule has 192 valence electrons. The Hall–Kier alpha value is -1.46. The van der Waals surface area contributed by atoms with Crippen molar-refractivity contribution in [1.29, 1.82) is 0 Å². The normalized spacial score (nSPS) is 26.6. The molecule has 4 rings (SSSR count). The second-order valence-electron chi connectivity index (χ2n) is 13.0. The molecule has 0 amide bonds. The summed E-state index contributed by atoms with van der Waals surface area (Å²) < 4.78 is 7.36. The Morgan fingerprint density at radius 2 is 1.37 bits per heavy atom. The van der Waals surface area contributed by atoms with Crippen LogP contribution in [0, 0.1) is 11.3 Å². The summed E-state index contributed by atoms with van der Waals surface area (Å²) in [5.41, 5.74) is 2.25. The van der Waals surface area contributed by atoms with E-state index in [1.54, 1.807) is 0 Å². The minimum absolute atomic E-state index is 0.0988. The first kappa shape index (κ1) is 26.6. The van der Waals surface area contributed by atoms with E-state index in [-0.39, 0.29) is 16.6 Å². The molecule has 1 aliphatic carbocycles. The third-order valence-corrected chi connectivity index (χ3v) is 9.73. The largest absolute Gasteiger partial charge is 0.410 e. The molecule has 1 saturated heterocycles. The maximum Gasteiger partial charge on any atom is 0.168 e. The van der Waals surface area contributed by atoms with Crippen molar-refractivity contribution in [3.05, 3.63) is 71.8 Å². The number of rotatable bonds is 6. The minimum atomic E-state index is -0.827. The van der Waals surface area contributed by atoms with Gasteiger partial charge >= 0.3 is 0 Å². The lowest BCUT2D eigenvalue weighted by atomic mass is 9.66. The lowest BCUT2D eigenvalue weighted by molar-refractivity contribution is 0.00473. The number of hydrogen-bond donors (Lipinski definition) is 1.